The maximum Gasteiger partial charge on any atom is 0.312 e. The van der Waals surface area contributed by atoms with E-state index in [1.54, 1.807) is 13.3 Å². The van der Waals surface area contributed by atoms with E-state index >= 15 is 0 Å². The number of fused-ring (bicyclic) bond motifs is 5. The van der Waals surface area contributed by atoms with E-state index in [-0.39, 0.29) is 19.4 Å². The Hall–Kier alpha value is -2.60. The third kappa shape index (κ3) is 2.66. The van der Waals surface area contributed by atoms with Gasteiger partial charge < -0.3 is 14.5 Å². The molecule has 0 aliphatic heterocycles. The smallest absolute Gasteiger partial charge is 0.312 e. The van der Waals surface area contributed by atoms with Crippen LogP contribution in [-0.4, -0.2) is 37.5 Å². The predicted octanol–water partition coefficient (Wildman–Crippen LogP) is 3.64. The maximum atomic E-state index is 12.9. The number of H-pyrrole nitrogens is 1. The van der Waals surface area contributed by atoms with Crippen LogP contribution in [0.15, 0.2) is 36.5 Å². The Kier molecular flexibility index (Phi) is 4.54. The van der Waals surface area contributed by atoms with Crippen LogP contribution in [0.3, 0.4) is 0 Å². The maximum absolute atomic E-state index is 12.9. The molecule has 1 aromatic carbocycles. The number of methoxy groups -OCH3 is 1. The van der Waals surface area contributed by atoms with Crippen molar-refractivity contribution in [2.75, 3.05) is 13.7 Å². The van der Waals surface area contributed by atoms with Crippen LogP contribution in [0.4, 0.5) is 0 Å². The third-order valence-corrected chi connectivity index (χ3v) is 5.69. The van der Waals surface area contributed by atoms with Crippen LogP contribution in [0, 0.1) is 5.41 Å². The summed E-state index contributed by atoms with van der Waals surface area (Å²) in [4.78, 5) is 21.1. The summed E-state index contributed by atoms with van der Waals surface area (Å²) in [6.45, 7) is 5.96. The molecule has 0 bridgehead atoms. The molecule has 6 heteroatoms. The average Bonchev–Trinajstić information content (AvgIpc) is 3.05. The molecule has 5 nitrogen and oxygen atoms in total. The fourth-order valence-corrected chi connectivity index (χ4v) is 4.36. The first-order valence-corrected chi connectivity index (χ1v) is 9.46. The molecule has 2 radical (unpaired) electrons. The number of nitrogens with zero attached hydrogens (tertiary/aromatic N) is 1. The zero-order valence-corrected chi connectivity index (χ0v) is 16.6. The lowest BCUT2D eigenvalue weighted by molar-refractivity contribution is -0.157. The summed E-state index contributed by atoms with van der Waals surface area (Å²) in [6.07, 6.45) is 1.37. The third-order valence-electron chi connectivity index (χ3n) is 5.69. The number of aromatic amines is 1. The van der Waals surface area contributed by atoms with E-state index in [4.69, 9.17) is 17.3 Å². The quantitative estimate of drug-likeness (QED) is 0.558. The van der Waals surface area contributed by atoms with Crippen molar-refractivity contribution in [3.05, 3.63) is 47.8 Å². The first kappa shape index (κ1) is 18.8. The molecule has 2 heterocycles. The van der Waals surface area contributed by atoms with Crippen molar-refractivity contribution in [3.63, 3.8) is 0 Å². The highest BCUT2D eigenvalue weighted by atomic mass is 16.5. The van der Waals surface area contributed by atoms with Crippen LogP contribution in [0.25, 0.3) is 22.2 Å². The molecule has 1 aliphatic carbocycles. The van der Waals surface area contributed by atoms with Crippen LogP contribution in [0.2, 0.25) is 0 Å². The Balaban J connectivity index is 0.00000240. The number of aromatic nitrogens is 2. The number of carbonyl (C=O) groups is 1. The molecular weight excluding hydrogens is 351 g/mol. The Morgan fingerprint density at radius 1 is 1.36 bits per heavy atom. The lowest BCUT2D eigenvalue weighted by Gasteiger charge is -2.40. The second-order valence-electron chi connectivity index (χ2n) is 7.73. The number of ether oxygens (including phenoxy) is 2. The normalized spacial score (nSPS) is 18.6. The first-order valence-electron chi connectivity index (χ1n) is 9.46. The molecule has 2 atom stereocenters. The van der Waals surface area contributed by atoms with Crippen molar-refractivity contribution >= 4 is 30.2 Å². The molecule has 0 fully saturated rings. The minimum atomic E-state index is -0.833. The van der Waals surface area contributed by atoms with Crippen LogP contribution < -0.4 is 5.46 Å². The van der Waals surface area contributed by atoms with Crippen LogP contribution in [0.5, 0.6) is 0 Å². The molecule has 0 saturated heterocycles. The van der Waals surface area contributed by atoms with E-state index in [2.05, 4.69) is 9.97 Å². The largest absolute Gasteiger partial charge is 0.466 e. The van der Waals surface area contributed by atoms with Crippen molar-refractivity contribution in [2.24, 2.45) is 5.41 Å². The Bertz CT molecular complexity index is 1060. The van der Waals surface area contributed by atoms with Crippen molar-refractivity contribution < 1.29 is 15.7 Å². The molecule has 3 aromatic rings. The van der Waals surface area contributed by atoms with Crippen LogP contribution in [0.1, 0.15) is 45.5 Å². The van der Waals surface area contributed by atoms with Gasteiger partial charge in [0.05, 0.1) is 23.4 Å². The number of pyridine rings is 1. The van der Waals surface area contributed by atoms with Crippen LogP contribution in [-0.2, 0) is 14.3 Å². The fraction of sp³-hybridized carbons (Fsp3) is 0.364. The number of carbonyl (C=O) groups excluding carboxylic acids is 1. The molecule has 0 amide bonds. The monoisotopic (exact) mass is 376 g/mol. The summed E-state index contributed by atoms with van der Waals surface area (Å²) in [5.41, 5.74) is 4.59. The van der Waals surface area contributed by atoms with Gasteiger partial charge in [0.2, 0.25) is 0 Å². The van der Waals surface area contributed by atoms with Gasteiger partial charge in [0.1, 0.15) is 14.0 Å². The summed E-state index contributed by atoms with van der Waals surface area (Å²) in [5.74, 6) is -0.546. The number of hydrogen-bond donors (Lipinski definition) is 1. The highest BCUT2D eigenvalue weighted by Crippen LogP contribution is 2.55. The van der Waals surface area contributed by atoms with E-state index < -0.39 is 5.41 Å². The summed E-state index contributed by atoms with van der Waals surface area (Å²) < 4.78 is 11.4. The number of esters is 1. The molecule has 4 rings (SSSR count). The van der Waals surface area contributed by atoms with Gasteiger partial charge in [-0.1, -0.05) is 17.6 Å². The molecular formula is C22H25BN2O3. The Labute approximate surface area is 167 Å². The minimum Gasteiger partial charge on any atom is -0.466 e. The predicted molar refractivity (Wildman–Crippen MR) is 112 cm³/mol. The Morgan fingerprint density at radius 3 is 2.86 bits per heavy atom. The minimum absolute atomic E-state index is 0. The lowest BCUT2D eigenvalue weighted by Crippen LogP contribution is -2.39. The van der Waals surface area contributed by atoms with E-state index in [9.17, 15) is 4.79 Å². The second kappa shape index (κ2) is 6.78. The van der Waals surface area contributed by atoms with Crippen molar-refractivity contribution in [1.82, 2.24) is 9.97 Å². The first-order chi connectivity index (χ1) is 13.4. The van der Waals surface area contributed by atoms with Crippen LogP contribution >= 0.6 is 0 Å². The van der Waals surface area contributed by atoms with Gasteiger partial charge >= 0.3 is 5.97 Å². The Morgan fingerprint density at radius 2 is 2.14 bits per heavy atom. The molecule has 0 spiro atoms. The summed E-state index contributed by atoms with van der Waals surface area (Å²) in [7, 11) is 7.75. The van der Waals surface area contributed by atoms with Gasteiger partial charge in [-0.3, -0.25) is 9.78 Å². The van der Waals surface area contributed by atoms with Crippen molar-refractivity contribution in [1.29, 1.82) is 0 Å². The molecule has 28 heavy (non-hydrogen) atoms. The average molecular weight is 376 g/mol. The highest BCUT2D eigenvalue weighted by Gasteiger charge is 2.49. The van der Waals surface area contributed by atoms with E-state index in [1.807, 2.05) is 51.1 Å². The second-order valence-corrected chi connectivity index (χ2v) is 7.73. The number of nitrogens with one attached hydrogen (secondary N) is 1. The summed E-state index contributed by atoms with van der Waals surface area (Å²) >= 11 is 0. The topological polar surface area (TPSA) is 64.2 Å². The molecule has 2 aromatic heterocycles. The van der Waals surface area contributed by atoms with Gasteiger partial charge in [0.15, 0.2) is 0 Å². The van der Waals surface area contributed by atoms with E-state index in [1.165, 1.54) is 0 Å². The van der Waals surface area contributed by atoms with E-state index in [0.717, 1.165) is 33.4 Å². The number of benzene rings is 1. The SMILES string of the molecule is [B]c1ccc2[nH]c3c(c2c1)C(C(C)(C)C(=O)OCC)[C@H](OC)c1ncccc1-3.[HH]. The van der Waals surface area contributed by atoms with Gasteiger partial charge in [-0.2, -0.15) is 0 Å². The van der Waals surface area contributed by atoms with E-state index in [0.29, 0.717) is 12.1 Å². The molecule has 0 saturated carbocycles. The van der Waals surface area contributed by atoms with Gasteiger partial charge in [-0.05, 0) is 44.5 Å². The van der Waals surface area contributed by atoms with Gasteiger partial charge in [0, 0.05) is 37.1 Å². The molecule has 1 N–H and O–H groups in total. The van der Waals surface area contributed by atoms with Crippen molar-refractivity contribution in [3.8, 4) is 11.3 Å². The number of hydrogen-bond acceptors (Lipinski definition) is 4. The summed E-state index contributed by atoms with van der Waals surface area (Å²) in [5, 5.41) is 0.994. The highest BCUT2D eigenvalue weighted by molar-refractivity contribution is 6.33. The zero-order valence-electron chi connectivity index (χ0n) is 16.6. The number of rotatable bonds is 4. The van der Waals surface area contributed by atoms with Gasteiger partial charge in [0.25, 0.3) is 0 Å². The lowest BCUT2D eigenvalue weighted by atomic mass is 9.67. The van der Waals surface area contributed by atoms with Gasteiger partial charge in [-0.15, -0.1) is 0 Å². The standard InChI is InChI=1S/C22H23BN2O3.H2/c1-5-28-21(26)22(2,3)17-16-14-11-12(23)8-9-15(14)25-18(16)13-7-6-10-24-19(13)20(17)27-4;/h6-11,17,20,25H,5H2,1-4H3;1H/t17?,20-;/m0./s1. The molecule has 1 aliphatic rings. The van der Waals surface area contributed by atoms with Gasteiger partial charge in [-0.25, -0.2) is 0 Å². The molecule has 1 unspecified atom stereocenters. The summed E-state index contributed by atoms with van der Waals surface area (Å²) in [6, 6.07) is 9.72. The zero-order chi connectivity index (χ0) is 20.1. The fourth-order valence-electron chi connectivity index (χ4n) is 4.36. The molecule has 144 valence electrons. The van der Waals surface area contributed by atoms with Crippen molar-refractivity contribution in [2.45, 2.75) is 32.8 Å².